The van der Waals surface area contributed by atoms with Gasteiger partial charge in [-0.3, -0.25) is 5.41 Å². The summed E-state index contributed by atoms with van der Waals surface area (Å²) in [5, 5.41) is 22.7. The molecule has 1 aromatic heterocycles. The number of hydrogen-bond donors (Lipinski definition) is 3. The number of anilines is 2. The maximum atomic E-state index is 14.2. The van der Waals surface area contributed by atoms with Crippen LogP contribution in [0, 0.1) is 11.2 Å². The van der Waals surface area contributed by atoms with Gasteiger partial charge >= 0.3 is 0 Å². The van der Waals surface area contributed by atoms with E-state index in [1.165, 1.54) is 11.1 Å². The van der Waals surface area contributed by atoms with E-state index in [0.29, 0.717) is 22.5 Å². The van der Waals surface area contributed by atoms with Crippen molar-refractivity contribution in [1.29, 1.82) is 5.41 Å². The lowest BCUT2D eigenvalue weighted by atomic mass is 10.0. The largest absolute Gasteiger partial charge is 0.382 e. The Morgan fingerprint density at radius 1 is 0.970 bits per heavy atom. The highest BCUT2D eigenvalue weighted by Crippen LogP contribution is 2.31. The minimum absolute atomic E-state index is 0.0343. The standard InChI is InChI=1S/C23H22FN9/c1-13(2)17-18(32-33(22(17)27)12-14-8-6-7-11-16(14)24)23-28-20(25)19(21(26)29-23)31-30-15-9-4-3-5-10-15/h3-11,27H,12H2,1-2H3,(H4,25,26,28,29). The summed E-state index contributed by atoms with van der Waals surface area (Å²) in [5.41, 5.74) is 15.1. The molecule has 5 N–H and O–H groups in total. The maximum Gasteiger partial charge on any atom is 0.184 e. The lowest BCUT2D eigenvalue weighted by Gasteiger charge is -2.14. The molecular formula is C23H22FN9. The van der Waals surface area contributed by atoms with Crippen molar-refractivity contribution in [2.75, 3.05) is 11.5 Å². The number of nitrogens with zero attached hydrogens (tertiary/aromatic N) is 6. The fraction of sp³-hybridized carbons (Fsp3) is 0.130. The van der Waals surface area contributed by atoms with Crippen LogP contribution >= 0.6 is 0 Å². The molecule has 0 spiro atoms. The molecule has 33 heavy (non-hydrogen) atoms. The van der Waals surface area contributed by atoms with E-state index in [4.69, 9.17) is 16.9 Å². The Morgan fingerprint density at radius 3 is 2.24 bits per heavy atom. The number of nitrogen functional groups attached to an aromatic ring is 2. The van der Waals surface area contributed by atoms with Crippen LogP contribution in [0.3, 0.4) is 0 Å². The average Bonchev–Trinajstić information content (AvgIpc) is 3.11. The van der Waals surface area contributed by atoms with Gasteiger partial charge in [0, 0.05) is 11.1 Å². The van der Waals surface area contributed by atoms with E-state index < -0.39 is 0 Å². The van der Waals surface area contributed by atoms with Gasteiger partial charge in [0.05, 0.1) is 12.2 Å². The van der Waals surface area contributed by atoms with Gasteiger partial charge in [0.2, 0.25) is 0 Å². The Hall–Kier alpha value is -4.47. The first-order valence-corrected chi connectivity index (χ1v) is 10.1. The molecule has 2 heterocycles. The summed E-state index contributed by atoms with van der Waals surface area (Å²) in [4.78, 5) is 8.65. The first-order valence-electron chi connectivity index (χ1n) is 10.1. The Kier molecular flexibility index (Phi) is 5.90. The molecule has 166 valence electrons. The van der Waals surface area contributed by atoms with E-state index in [1.54, 1.807) is 30.3 Å². The highest BCUT2D eigenvalue weighted by molar-refractivity contribution is 6.31. The Balaban J connectivity index is 1.70. The highest BCUT2D eigenvalue weighted by atomic mass is 19.1. The number of nitrogens with two attached hydrogens (primary N) is 2. The Morgan fingerprint density at radius 2 is 1.61 bits per heavy atom. The molecule has 0 bridgehead atoms. The smallest absolute Gasteiger partial charge is 0.184 e. The van der Waals surface area contributed by atoms with Crippen LogP contribution in [0.1, 0.15) is 25.2 Å². The van der Waals surface area contributed by atoms with Crippen molar-refractivity contribution in [3.63, 3.8) is 0 Å². The molecule has 1 aliphatic rings. The van der Waals surface area contributed by atoms with E-state index in [2.05, 4.69) is 25.3 Å². The molecule has 0 aliphatic carbocycles. The predicted octanol–water partition coefficient (Wildman–Crippen LogP) is 4.73. The molecule has 0 radical (unpaired) electrons. The third-order valence-corrected chi connectivity index (χ3v) is 4.90. The van der Waals surface area contributed by atoms with Crippen LogP contribution in [0.2, 0.25) is 0 Å². The molecule has 10 heteroatoms. The van der Waals surface area contributed by atoms with Gasteiger partial charge in [-0.2, -0.15) is 10.2 Å². The zero-order valence-corrected chi connectivity index (χ0v) is 18.1. The fourth-order valence-electron chi connectivity index (χ4n) is 3.30. The molecule has 9 nitrogen and oxygen atoms in total. The van der Waals surface area contributed by atoms with E-state index in [1.807, 2.05) is 32.0 Å². The topological polar surface area (TPSA) is 142 Å². The summed E-state index contributed by atoms with van der Waals surface area (Å²) in [6, 6.07) is 15.5. The van der Waals surface area contributed by atoms with Gasteiger partial charge in [-0.05, 0) is 32.0 Å². The van der Waals surface area contributed by atoms with E-state index in [0.717, 1.165) is 5.57 Å². The number of hydrogen-bond acceptors (Lipinski definition) is 8. The summed E-state index contributed by atoms with van der Waals surface area (Å²) in [6.07, 6.45) is 0. The van der Waals surface area contributed by atoms with Gasteiger partial charge < -0.3 is 11.5 Å². The molecule has 0 unspecified atom stereocenters. The van der Waals surface area contributed by atoms with E-state index >= 15 is 0 Å². The van der Waals surface area contributed by atoms with Crippen LogP contribution < -0.4 is 11.5 Å². The van der Waals surface area contributed by atoms with Crippen LogP contribution in [0.25, 0.3) is 0 Å². The van der Waals surface area contributed by atoms with Gasteiger partial charge in [0.1, 0.15) is 11.5 Å². The van der Waals surface area contributed by atoms with Gasteiger partial charge in [-0.1, -0.05) is 42.0 Å². The molecule has 2 aromatic carbocycles. The number of amidine groups is 1. The zero-order valence-electron chi connectivity index (χ0n) is 18.1. The first-order chi connectivity index (χ1) is 15.8. The molecule has 0 saturated heterocycles. The summed E-state index contributed by atoms with van der Waals surface area (Å²) >= 11 is 0. The third kappa shape index (κ3) is 4.45. The van der Waals surface area contributed by atoms with Crippen molar-refractivity contribution in [3.8, 4) is 0 Å². The van der Waals surface area contributed by atoms with E-state index in [9.17, 15) is 4.39 Å². The summed E-state index contributed by atoms with van der Waals surface area (Å²) in [6.45, 7) is 3.78. The Labute approximate surface area is 189 Å². The molecule has 0 fully saturated rings. The minimum atomic E-state index is -0.370. The van der Waals surface area contributed by atoms with Gasteiger partial charge in [0.25, 0.3) is 0 Å². The SMILES string of the molecule is CC(C)=C1C(=N)N(Cc2ccccc2F)N=C1c1nc(N)c(N=Nc2ccccc2)c(N)n1. The van der Waals surface area contributed by atoms with Crippen molar-refractivity contribution < 1.29 is 4.39 Å². The van der Waals surface area contributed by atoms with Gasteiger partial charge in [-0.15, -0.1) is 5.11 Å². The second kappa shape index (κ2) is 8.95. The second-order valence-corrected chi connectivity index (χ2v) is 7.52. The van der Waals surface area contributed by atoms with Crippen LogP contribution in [-0.4, -0.2) is 26.5 Å². The normalized spacial score (nSPS) is 13.7. The fourth-order valence-corrected chi connectivity index (χ4v) is 3.30. The molecule has 0 atom stereocenters. The summed E-state index contributed by atoms with van der Waals surface area (Å²) in [5.74, 6) is -0.0350. The van der Waals surface area contributed by atoms with Gasteiger partial charge in [0.15, 0.2) is 29.0 Å². The molecule has 3 aromatic rings. The quantitative estimate of drug-likeness (QED) is 0.489. The van der Waals surface area contributed by atoms with Crippen molar-refractivity contribution in [3.05, 3.63) is 82.9 Å². The number of rotatable bonds is 5. The maximum absolute atomic E-state index is 14.2. The first kappa shape index (κ1) is 21.8. The number of aromatic nitrogens is 2. The second-order valence-electron chi connectivity index (χ2n) is 7.52. The number of halogens is 1. The number of benzene rings is 2. The minimum Gasteiger partial charge on any atom is -0.382 e. The van der Waals surface area contributed by atoms with Crippen LogP contribution in [0.15, 0.2) is 81.1 Å². The number of allylic oxidation sites excluding steroid dienone is 1. The van der Waals surface area contributed by atoms with E-state index in [-0.39, 0.29) is 41.3 Å². The van der Waals surface area contributed by atoms with Crippen molar-refractivity contribution in [2.45, 2.75) is 20.4 Å². The summed E-state index contributed by atoms with van der Waals surface area (Å²) in [7, 11) is 0. The van der Waals surface area contributed by atoms with Crippen molar-refractivity contribution >= 4 is 34.6 Å². The average molecular weight is 443 g/mol. The lowest BCUT2D eigenvalue weighted by molar-refractivity contribution is 0.434. The molecule has 0 saturated carbocycles. The summed E-state index contributed by atoms with van der Waals surface area (Å²) < 4.78 is 14.2. The highest BCUT2D eigenvalue weighted by Gasteiger charge is 2.31. The number of nitrogens with one attached hydrogen (secondary N) is 1. The molecule has 4 rings (SSSR count). The molecule has 1 aliphatic heterocycles. The third-order valence-electron chi connectivity index (χ3n) is 4.90. The van der Waals surface area contributed by atoms with Crippen molar-refractivity contribution in [2.24, 2.45) is 15.3 Å². The Bertz CT molecular complexity index is 1290. The van der Waals surface area contributed by atoms with Gasteiger partial charge in [-0.25, -0.2) is 19.4 Å². The zero-order chi connectivity index (χ0) is 23.5. The number of hydrazone groups is 1. The lowest BCUT2D eigenvalue weighted by Crippen LogP contribution is -2.22. The monoisotopic (exact) mass is 443 g/mol. The van der Waals surface area contributed by atoms with Crippen LogP contribution in [0.5, 0.6) is 0 Å². The number of azo groups is 1. The van der Waals surface area contributed by atoms with Crippen LogP contribution in [-0.2, 0) is 6.54 Å². The van der Waals surface area contributed by atoms with Crippen molar-refractivity contribution in [1.82, 2.24) is 15.0 Å². The molecular weight excluding hydrogens is 421 g/mol. The predicted molar refractivity (Wildman–Crippen MR) is 126 cm³/mol. The van der Waals surface area contributed by atoms with Crippen LogP contribution in [0.4, 0.5) is 27.4 Å². The molecule has 0 amide bonds.